The Hall–Kier alpha value is -1.88. The molecular weight excluding hydrogens is 242 g/mol. The second kappa shape index (κ2) is 4.35. The van der Waals surface area contributed by atoms with Crippen molar-refractivity contribution in [1.29, 1.82) is 0 Å². The van der Waals surface area contributed by atoms with E-state index in [4.69, 9.17) is 15.0 Å². The molecule has 1 aromatic carbocycles. The third-order valence-corrected chi connectivity index (χ3v) is 3.61. The van der Waals surface area contributed by atoms with Gasteiger partial charge in [-0.05, 0) is 25.0 Å². The van der Waals surface area contributed by atoms with Gasteiger partial charge in [0.25, 0.3) is 5.89 Å². The zero-order valence-corrected chi connectivity index (χ0v) is 11.1. The van der Waals surface area contributed by atoms with Gasteiger partial charge in [0.05, 0.1) is 5.54 Å². The highest BCUT2D eigenvalue weighted by Crippen LogP contribution is 2.36. The molecule has 1 aromatic heterocycles. The lowest BCUT2D eigenvalue weighted by Crippen LogP contribution is -2.33. The van der Waals surface area contributed by atoms with E-state index in [9.17, 15) is 0 Å². The number of hydrogen-bond donors (Lipinski definition) is 1. The van der Waals surface area contributed by atoms with Crippen molar-refractivity contribution in [3.05, 3.63) is 41.5 Å². The summed E-state index contributed by atoms with van der Waals surface area (Å²) in [4.78, 5) is 4.39. The fourth-order valence-electron chi connectivity index (χ4n) is 2.08. The van der Waals surface area contributed by atoms with Gasteiger partial charge >= 0.3 is 0 Å². The van der Waals surface area contributed by atoms with E-state index in [2.05, 4.69) is 10.1 Å². The predicted molar refractivity (Wildman–Crippen MR) is 69.6 cm³/mol. The lowest BCUT2D eigenvalue weighted by Gasteiger charge is -2.16. The maximum Gasteiger partial charge on any atom is 0.268 e. The highest BCUT2D eigenvalue weighted by atomic mass is 16.5. The van der Waals surface area contributed by atoms with Gasteiger partial charge in [0.2, 0.25) is 0 Å². The van der Waals surface area contributed by atoms with Crippen molar-refractivity contribution in [2.24, 2.45) is 5.73 Å². The second-order valence-corrected chi connectivity index (χ2v) is 5.15. The minimum absolute atomic E-state index is 0.202. The Morgan fingerprint density at radius 1 is 1.42 bits per heavy atom. The molecule has 0 aliphatic carbocycles. The summed E-state index contributed by atoms with van der Waals surface area (Å²) in [6.07, 6.45) is 1.30. The van der Waals surface area contributed by atoms with Gasteiger partial charge in [-0.2, -0.15) is 4.98 Å². The minimum Gasteiger partial charge on any atom is -0.480 e. The van der Waals surface area contributed by atoms with Crippen LogP contribution >= 0.6 is 0 Å². The number of fused-ring (bicyclic) bond motifs is 1. The molecule has 1 aliphatic rings. The first-order valence-electron chi connectivity index (χ1n) is 6.47. The summed E-state index contributed by atoms with van der Waals surface area (Å²) in [6.45, 7) is 3.89. The quantitative estimate of drug-likeness (QED) is 0.915. The number of aromatic nitrogens is 2. The fraction of sp³-hybridized carbons (Fsp3) is 0.429. The Morgan fingerprint density at radius 2 is 2.21 bits per heavy atom. The van der Waals surface area contributed by atoms with Crippen molar-refractivity contribution >= 4 is 0 Å². The van der Waals surface area contributed by atoms with E-state index in [0.717, 1.165) is 18.6 Å². The molecule has 100 valence electrons. The normalized spacial score (nSPS) is 20.7. The minimum atomic E-state index is -0.562. The van der Waals surface area contributed by atoms with Crippen LogP contribution in [0.1, 0.15) is 43.7 Å². The number of hydrogen-bond acceptors (Lipinski definition) is 5. The summed E-state index contributed by atoms with van der Waals surface area (Å²) in [5, 5.41) is 3.97. The lowest BCUT2D eigenvalue weighted by molar-refractivity contribution is 0.183. The van der Waals surface area contributed by atoms with E-state index in [1.807, 2.05) is 38.1 Å². The van der Waals surface area contributed by atoms with Gasteiger partial charge < -0.3 is 15.0 Å². The highest BCUT2D eigenvalue weighted by molar-refractivity contribution is 5.37. The Labute approximate surface area is 111 Å². The van der Waals surface area contributed by atoms with Gasteiger partial charge in [-0.25, -0.2) is 0 Å². The van der Waals surface area contributed by atoms with Crippen LogP contribution in [0, 0.1) is 0 Å². The van der Waals surface area contributed by atoms with Crippen LogP contribution in [0.15, 0.2) is 28.8 Å². The topological polar surface area (TPSA) is 74.2 Å². The van der Waals surface area contributed by atoms with Crippen LogP contribution in [0.2, 0.25) is 0 Å². The first kappa shape index (κ1) is 12.2. The van der Waals surface area contributed by atoms with Gasteiger partial charge in [0, 0.05) is 6.42 Å². The number of nitrogens with zero attached hydrogens (tertiary/aromatic N) is 2. The molecule has 2 heterocycles. The molecule has 19 heavy (non-hydrogen) atoms. The maximum atomic E-state index is 6.11. The summed E-state index contributed by atoms with van der Waals surface area (Å²) in [6, 6.07) is 7.95. The van der Waals surface area contributed by atoms with E-state index in [0.29, 0.717) is 11.7 Å². The molecule has 2 unspecified atom stereocenters. The zero-order chi connectivity index (χ0) is 13.5. The van der Waals surface area contributed by atoms with Gasteiger partial charge in [-0.15, -0.1) is 0 Å². The van der Waals surface area contributed by atoms with E-state index >= 15 is 0 Å². The molecule has 5 heteroatoms. The van der Waals surface area contributed by atoms with Crippen LogP contribution < -0.4 is 10.5 Å². The summed E-state index contributed by atoms with van der Waals surface area (Å²) in [5.41, 5.74) is 6.71. The van der Waals surface area contributed by atoms with Gasteiger partial charge in [-0.1, -0.05) is 30.3 Å². The summed E-state index contributed by atoms with van der Waals surface area (Å²) in [5.74, 6) is 1.92. The highest BCUT2D eigenvalue weighted by Gasteiger charge is 2.32. The molecule has 0 spiro atoms. The van der Waals surface area contributed by atoms with E-state index in [-0.39, 0.29) is 6.10 Å². The van der Waals surface area contributed by atoms with Crippen LogP contribution in [-0.2, 0) is 12.0 Å². The number of para-hydroxylation sites is 1. The Balaban J connectivity index is 1.83. The van der Waals surface area contributed by atoms with Crippen LogP contribution in [0.3, 0.4) is 0 Å². The number of nitrogens with two attached hydrogens (primary N) is 1. The third-order valence-electron chi connectivity index (χ3n) is 3.61. The summed E-state index contributed by atoms with van der Waals surface area (Å²) >= 11 is 0. The smallest absolute Gasteiger partial charge is 0.268 e. The Kier molecular flexibility index (Phi) is 2.78. The lowest BCUT2D eigenvalue weighted by atomic mass is 10.00. The zero-order valence-electron chi connectivity index (χ0n) is 11.1. The van der Waals surface area contributed by atoms with Crippen LogP contribution in [0.5, 0.6) is 5.75 Å². The van der Waals surface area contributed by atoms with Crippen LogP contribution in [0.4, 0.5) is 0 Å². The molecule has 2 atom stereocenters. The van der Waals surface area contributed by atoms with E-state index in [1.165, 1.54) is 5.56 Å². The Morgan fingerprint density at radius 3 is 2.95 bits per heavy atom. The first-order chi connectivity index (χ1) is 9.10. The largest absolute Gasteiger partial charge is 0.480 e. The maximum absolute atomic E-state index is 6.11. The van der Waals surface area contributed by atoms with Crippen LogP contribution in [0.25, 0.3) is 0 Å². The second-order valence-electron chi connectivity index (χ2n) is 5.15. The molecule has 0 amide bonds. The average Bonchev–Trinajstić information content (AvgIpc) is 3.05. The average molecular weight is 259 g/mol. The molecule has 0 fully saturated rings. The standard InChI is InChI=1S/C14H17N3O2/c1-3-14(2,15)13-16-12(19-17-13)11-8-9-6-4-5-7-10(9)18-11/h4-7,11H,3,8,15H2,1-2H3. The molecule has 1 aliphatic heterocycles. The third kappa shape index (κ3) is 2.10. The molecule has 0 saturated carbocycles. The molecule has 2 N–H and O–H groups in total. The molecular formula is C14H17N3O2. The molecule has 5 nitrogen and oxygen atoms in total. The number of ether oxygens (including phenoxy) is 1. The molecule has 0 saturated heterocycles. The van der Waals surface area contributed by atoms with Crippen molar-refractivity contribution in [3.63, 3.8) is 0 Å². The predicted octanol–water partition coefficient (Wildman–Crippen LogP) is 2.33. The van der Waals surface area contributed by atoms with Gasteiger partial charge in [-0.3, -0.25) is 0 Å². The molecule has 2 aromatic rings. The summed E-state index contributed by atoms with van der Waals surface area (Å²) < 4.78 is 11.1. The summed E-state index contributed by atoms with van der Waals surface area (Å²) in [7, 11) is 0. The van der Waals surface area contributed by atoms with Crippen molar-refractivity contribution in [2.45, 2.75) is 38.3 Å². The van der Waals surface area contributed by atoms with Crippen molar-refractivity contribution in [1.82, 2.24) is 10.1 Å². The molecule has 3 rings (SSSR count). The Bertz CT molecular complexity index is 567. The van der Waals surface area contributed by atoms with Gasteiger partial charge in [0.15, 0.2) is 11.9 Å². The van der Waals surface area contributed by atoms with Crippen molar-refractivity contribution in [2.75, 3.05) is 0 Å². The van der Waals surface area contributed by atoms with E-state index < -0.39 is 5.54 Å². The van der Waals surface area contributed by atoms with E-state index in [1.54, 1.807) is 0 Å². The van der Waals surface area contributed by atoms with Crippen molar-refractivity contribution < 1.29 is 9.26 Å². The number of rotatable bonds is 3. The SMILES string of the molecule is CCC(C)(N)c1noc(C2Cc3ccccc3O2)n1. The van der Waals surface area contributed by atoms with Gasteiger partial charge in [0.1, 0.15) is 5.75 Å². The first-order valence-corrected chi connectivity index (χ1v) is 6.47. The fourth-order valence-corrected chi connectivity index (χ4v) is 2.08. The number of benzene rings is 1. The van der Waals surface area contributed by atoms with Crippen molar-refractivity contribution in [3.8, 4) is 5.75 Å². The van der Waals surface area contributed by atoms with Crippen LogP contribution in [-0.4, -0.2) is 10.1 Å². The monoisotopic (exact) mass is 259 g/mol. The molecule has 0 radical (unpaired) electrons. The molecule has 0 bridgehead atoms.